The molecular weight excluding hydrogens is 374 g/mol. The normalized spacial score (nSPS) is 23.3. The number of carbonyl (C=O) groups is 3. The molecule has 29 heavy (non-hydrogen) atoms. The number of hydrogen-bond acceptors (Lipinski definition) is 6. The monoisotopic (exact) mass is 395 g/mol. The van der Waals surface area contributed by atoms with Crippen molar-refractivity contribution in [1.29, 1.82) is 0 Å². The Morgan fingerprint density at radius 3 is 2.62 bits per heavy atom. The number of urea groups is 1. The summed E-state index contributed by atoms with van der Waals surface area (Å²) in [6, 6.07) is 2.39. The summed E-state index contributed by atoms with van der Waals surface area (Å²) >= 11 is 0. The summed E-state index contributed by atoms with van der Waals surface area (Å²) in [7, 11) is 0. The highest BCUT2D eigenvalue weighted by Crippen LogP contribution is 2.44. The second-order valence-corrected chi connectivity index (χ2v) is 8.05. The van der Waals surface area contributed by atoms with Gasteiger partial charge in [0.2, 0.25) is 11.8 Å². The summed E-state index contributed by atoms with van der Waals surface area (Å²) in [5.41, 5.74) is -0.0238. The van der Waals surface area contributed by atoms with Crippen molar-refractivity contribution in [3.8, 4) is 0 Å². The number of aromatic nitrogens is 2. The number of hydrogen-bond donors (Lipinski definition) is 2. The summed E-state index contributed by atoms with van der Waals surface area (Å²) < 4.78 is 1.46. The van der Waals surface area contributed by atoms with E-state index in [0.717, 1.165) is 24.8 Å². The Hall–Kier alpha value is -3.23. The van der Waals surface area contributed by atoms with Crippen LogP contribution in [0, 0.1) is 12.3 Å². The van der Waals surface area contributed by atoms with Crippen molar-refractivity contribution in [2.75, 3.05) is 11.4 Å². The molecule has 2 aromatic rings. The third-order valence-electron chi connectivity index (χ3n) is 6.43. The van der Waals surface area contributed by atoms with E-state index in [1.807, 2.05) is 17.9 Å². The number of rotatable bonds is 0. The van der Waals surface area contributed by atoms with Gasteiger partial charge in [-0.1, -0.05) is 18.9 Å². The number of nitrogens with zero attached hydrogens (tertiary/aromatic N) is 3. The molecule has 0 saturated carbocycles. The molecule has 0 bridgehead atoms. The van der Waals surface area contributed by atoms with Gasteiger partial charge in [0, 0.05) is 19.2 Å². The molecule has 5 rings (SSSR count). The van der Waals surface area contributed by atoms with Gasteiger partial charge in [-0.05, 0) is 31.4 Å². The average Bonchev–Trinajstić information content (AvgIpc) is 2.94. The van der Waals surface area contributed by atoms with Crippen LogP contribution >= 0.6 is 0 Å². The summed E-state index contributed by atoms with van der Waals surface area (Å²) in [5, 5.41) is 4.51. The van der Waals surface area contributed by atoms with Gasteiger partial charge in [0.25, 0.3) is 5.56 Å². The lowest BCUT2D eigenvalue weighted by Gasteiger charge is -2.48. The number of carbonyl (C=O) groups excluding carboxylic acids is 3. The number of imide groups is 2. The maximum Gasteiger partial charge on any atom is 0.328 e. The highest BCUT2D eigenvalue weighted by Gasteiger charge is 2.60. The molecule has 4 amide bonds. The number of nitrogens with one attached hydrogen (secondary N) is 2. The SMILES string of the molecule is Cc1cccn2c(=O)c3c(nc12)N1CCCCC[C@@H]1C1(C3)C(=O)NC(=O)NC1=O. The van der Waals surface area contributed by atoms with Crippen LogP contribution in [-0.4, -0.2) is 39.8 Å². The van der Waals surface area contributed by atoms with Crippen LogP contribution in [0.1, 0.15) is 36.8 Å². The Kier molecular flexibility index (Phi) is 3.77. The van der Waals surface area contributed by atoms with Gasteiger partial charge in [-0.2, -0.15) is 0 Å². The van der Waals surface area contributed by atoms with Crippen molar-refractivity contribution < 1.29 is 14.4 Å². The summed E-state index contributed by atoms with van der Waals surface area (Å²) in [6.07, 6.45) is 4.89. The summed E-state index contributed by atoms with van der Waals surface area (Å²) in [6.45, 7) is 2.49. The van der Waals surface area contributed by atoms with E-state index >= 15 is 0 Å². The zero-order valence-corrected chi connectivity index (χ0v) is 16.0. The van der Waals surface area contributed by atoms with E-state index in [4.69, 9.17) is 4.98 Å². The summed E-state index contributed by atoms with van der Waals surface area (Å²) in [4.78, 5) is 57.9. The van der Waals surface area contributed by atoms with Gasteiger partial charge in [-0.15, -0.1) is 0 Å². The second-order valence-electron chi connectivity index (χ2n) is 8.05. The smallest absolute Gasteiger partial charge is 0.328 e. The van der Waals surface area contributed by atoms with Crippen molar-refractivity contribution >= 4 is 29.3 Å². The lowest BCUT2D eigenvalue weighted by atomic mass is 9.68. The van der Waals surface area contributed by atoms with E-state index in [9.17, 15) is 19.2 Å². The van der Waals surface area contributed by atoms with Crippen LogP contribution in [0.2, 0.25) is 0 Å². The molecule has 3 aliphatic rings. The Labute approximate surface area is 166 Å². The molecule has 2 N–H and O–H groups in total. The van der Waals surface area contributed by atoms with Crippen LogP contribution in [0.5, 0.6) is 0 Å². The Bertz CT molecular complexity index is 1120. The maximum atomic E-state index is 13.4. The standard InChI is InChI=1S/C20H21N5O4/c1-11-6-5-9-25-14(11)21-15-12(16(25)26)10-20(13-7-3-2-4-8-24(13)15)17(27)22-19(29)23-18(20)28/h5-6,9,13H,2-4,7-8,10H2,1H3,(H2,22,23,27,28,29)/t13-/m1/s1. The fraction of sp³-hybridized carbons (Fsp3) is 0.450. The molecule has 1 atom stereocenters. The van der Waals surface area contributed by atoms with Gasteiger partial charge in [0.1, 0.15) is 11.5 Å². The number of anilines is 1. The zero-order chi connectivity index (χ0) is 20.3. The van der Waals surface area contributed by atoms with Crippen LogP contribution < -0.4 is 21.1 Å². The minimum absolute atomic E-state index is 0.0723. The van der Waals surface area contributed by atoms with E-state index in [-0.39, 0.29) is 12.0 Å². The Morgan fingerprint density at radius 1 is 1.10 bits per heavy atom. The van der Waals surface area contributed by atoms with E-state index < -0.39 is 29.3 Å². The molecule has 0 radical (unpaired) electrons. The van der Waals surface area contributed by atoms with Gasteiger partial charge in [-0.25, -0.2) is 9.78 Å². The Morgan fingerprint density at radius 2 is 1.86 bits per heavy atom. The highest BCUT2D eigenvalue weighted by atomic mass is 16.2. The first-order valence-electron chi connectivity index (χ1n) is 9.88. The van der Waals surface area contributed by atoms with Crippen molar-refractivity contribution in [2.24, 2.45) is 5.41 Å². The molecule has 150 valence electrons. The maximum absolute atomic E-state index is 13.4. The van der Waals surface area contributed by atoms with Gasteiger partial charge in [0.15, 0.2) is 5.41 Å². The predicted molar refractivity (Wildman–Crippen MR) is 104 cm³/mol. The number of fused-ring (bicyclic) bond motifs is 5. The summed E-state index contributed by atoms with van der Waals surface area (Å²) in [5.74, 6) is -0.718. The molecule has 2 fully saturated rings. The molecule has 1 spiro atoms. The van der Waals surface area contributed by atoms with Crippen molar-refractivity contribution in [3.05, 3.63) is 39.8 Å². The molecule has 0 aliphatic carbocycles. The first kappa shape index (κ1) is 17.8. The second kappa shape index (κ2) is 6.13. The molecule has 9 nitrogen and oxygen atoms in total. The fourth-order valence-corrected chi connectivity index (χ4v) is 5.01. The highest BCUT2D eigenvalue weighted by molar-refractivity contribution is 6.20. The van der Waals surface area contributed by atoms with E-state index in [1.165, 1.54) is 4.40 Å². The van der Waals surface area contributed by atoms with Crippen molar-refractivity contribution in [1.82, 2.24) is 20.0 Å². The number of barbiturate groups is 1. The zero-order valence-electron chi connectivity index (χ0n) is 16.0. The number of amides is 4. The lowest BCUT2D eigenvalue weighted by Crippen LogP contribution is -2.71. The van der Waals surface area contributed by atoms with E-state index in [0.29, 0.717) is 30.0 Å². The first-order valence-corrected chi connectivity index (χ1v) is 9.88. The first-order chi connectivity index (χ1) is 13.9. The van der Waals surface area contributed by atoms with Gasteiger partial charge >= 0.3 is 6.03 Å². The van der Waals surface area contributed by atoms with E-state index in [2.05, 4.69) is 10.6 Å². The molecule has 5 heterocycles. The molecule has 0 aromatic carbocycles. The number of aryl methyl sites for hydroxylation is 1. The van der Waals surface area contributed by atoms with Crippen molar-refractivity contribution in [2.45, 2.75) is 45.1 Å². The van der Waals surface area contributed by atoms with Gasteiger partial charge < -0.3 is 4.90 Å². The van der Waals surface area contributed by atoms with Gasteiger partial charge in [-0.3, -0.25) is 29.4 Å². The third kappa shape index (κ3) is 2.36. The van der Waals surface area contributed by atoms with Crippen LogP contribution in [0.15, 0.2) is 23.1 Å². The molecule has 0 unspecified atom stereocenters. The Balaban J connectivity index is 1.80. The van der Waals surface area contributed by atoms with Crippen LogP contribution in [0.3, 0.4) is 0 Å². The van der Waals surface area contributed by atoms with Crippen LogP contribution in [0.4, 0.5) is 10.6 Å². The topological polar surface area (TPSA) is 113 Å². The van der Waals surface area contributed by atoms with Crippen molar-refractivity contribution in [3.63, 3.8) is 0 Å². The lowest BCUT2D eigenvalue weighted by molar-refractivity contribution is -0.146. The molecule has 9 heteroatoms. The minimum atomic E-state index is -1.52. The molecular formula is C20H21N5O4. The number of pyridine rings is 1. The van der Waals surface area contributed by atoms with E-state index in [1.54, 1.807) is 12.3 Å². The minimum Gasteiger partial charge on any atom is -0.352 e. The van der Waals surface area contributed by atoms with Crippen LogP contribution in [0.25, 0.3) is 5.65 Å². The quantitative estimate of drug-likeness (QED) is 0.634. The fourth-order valence-electron chi connectivity index (χ4n) is 5.01. The molecule has 2 saturated heterocycles. The molecule has 2 aromatic heterocycles. The predicted octanol–water partition coefficient (Wildman–Crippen LogP) is 0.660. The largest absolute Gasteiger partial charge is 0.352 e. The van der Waals surface area contributed by atoms with Crippen LogP contribution in [-0.2, 0) is 16.0 Å². The average molecular weight is 395 g/mol. The van der Waals surface area contributed by atoms with Gasteiger partial charge in [0.05, 0.1) is 11.6 Å². The third-order valence-corrected chi connectivity index (χ3v) is 6.43. The molecule has 3 aliphatic heterocycles.